The molecule has 5 nitrogen and oxygen atoms in total. The summed E-state index contributed by atoms with van der Waals surface area (Å²) in [5.74, 6) is 0.158. The van der Waals surface area contributed by atoms with Crippen molar-refractivity contribution in [3.05, 3.63) is 66.1 Å². The largest absolute Gasteiger partial charge is 0.497 e. The average molecular weight is 353 g/mol. The van der Waals surface area contributed by atoms with E-state index in [0.717, 1.165) is 11.3 Å². The molecule has 0 atom stereocenters. The zero-order valence-corrected chi connectivity index (χ0v) is 14.9. The first-order chi connectivity index (χ1) is 12.5. The molecule has 0 fully saturated rings. The van der Waals surface area contributed by atoms with E-state index in [9.17, 15) is 9.18 Å². The molecule has 1 aromatic heterocycles. The number of hydrogen-bond acceptors (Lipinski definition) is 3. The van der Waals surface area contributed by atoms with Gasteiger partial charge in [-0.25, -0.2) is 9.07 Å². The summed E-state index contributed by atoms with van der Waals surface area (Å²) in [5.41, 5.74) is 2.49. The third-order valence-corrected chi connectivity index (χ3v) is 3.82. The lowest BCUT2D eigenvalue weighted by Gasteiger charge is -2.10. The standard InChI is InChI=1S/C20H20FN3O2/c1-13(2)22-20(25)19-12-18(14-4-10-17(26-3)11-5-14)23-24(19)16-8-6-15(21)7-9-16/h4-13H,1-3H3,(H,22,25). The van der Waals surface area contributed by atoms with Crippen molar-refractivity contribution in [3.63, 3.8) is 0 Å². The fourth-order valence-corrected chi connectivity index (χ4v) is 2.56. The van der Waals surface area contributed by atoms with Gasteiger partial charge in [0, 0.05) is 11.6 Å². The van der Waals surface area contributed by atoms with Gasteiger partial charge in [-0.1, -0.05) is 0 Å². The third-order valence-electron chi connectivity index (χ3n) is 3.82. The van der Waals surface area contributed by atoms with Crippen LogP contribution in [0, 0.1) is 5.82 Å². The van der Waals surface area contributed by atoms with Crippen LogP contribution in [0.4, 0.5) is 4.39 Å². The van der Waals surface area contributed by atoms with Crippen LogP contribution in [0.5, 0.6) is 5.75 Å². The molecule has 0 aliphatic heterocycles. The van der Waals surface area contributed by atoms with Crippen LogP contribution in [0.25, 0.3) is 16.9 Å². The number of nitrogens with one attached hydrogen (secondary N) is 1. The molecule has 0 unspecified atom stereocenters. The summed E-state index contributed by atoms with van der Waals surface area (Å²) in [5, 5.41) is 7.43. The fraction of sp³-hybridized carbons (Fsp3) is 0.200. The molecule has 3 rings (SSSR count). The molecular formula is C20H20FN3O2. The fourth-order valence-electron chi connectivity index (χ4n) is 2.56. The molecule has 1 heterocycles. The smallest absolute Gasteiger partial charge is 0.270 e. The van der Waals surface area contributed by atoms with Gasteiger partial charge < -0.3 is 10.1 Å². The Morgan fingerprint density at radius 3 is 2.35 bits per heavy atom. The zero-order valence-electron chi connectivity index (χ0n) is 14.9. The van der Waals surface area contributed by atoms with Crippen LogP contribution in [-0.4, -0.2) is 28.8 Å². The molecule has 0 aliphatic carbocycles. The zero-order chi connectivity index (χ0) is 18.7. The number of nitrogens with zero attached hydrogens (tertiary/aromatic N) is 2. The van der Waals surface area contributed by atoms with Crippen LogP contribution in [0.2, 0.25) is 0 Å². The van der Waals surface area contributed by atoms with Gasteiger partial charge in [0.25, 0.3) is 5.91 Å². The van der Waals surface area contributed by atoms with E-state index in [1.807, 2.05) is 38.1 Å². The number of aromatic nitrogens is 2. The van der Waals surface area contributed by atoms with E-state index in [0.29, 0.717) is 17.1 Å². The lowest BCUT2D eigenvalue weighted by Crippen LogP contribution is -2.31. The molecule has 6 heteroatoms. The number of rotatable bonds is 5. The highest BCUT2D eigenvalue weighted by molar-refractivity contribution is 5.94. The van der Waals surface area contributed by atoms with Gasteiger partial charge in [-0.3, -0.25) is 4.79 Å². The van der Waals surface area contributed by atoms with Crippen molar-refractivity contribution in [2.45, 2.75) is 19.9 Å². The van der Waals surface area contributed by atoms with Gasteiger partial charge in [-0.2, -0.15) is 5.10 Å². The van der Waals surface area contributed by atoms with E-state index >= 15 is 0 Å². The summed E-state index contributed by atoms with van der Waals surface area (Å²) in [6.45, 7) is 3.78. The van der Waals surface area contributed by atoms with Gasteiger partial charge in [0.1, 0.15) is 17.3 Å². The van der Waals surface area contributed by atoms with Crippen LogP contribution >= 0.6 is 0 Å². The van der Waals surface area contributed by atoms with E-state index in [-0.39, 0.29) is 17.8 Å². The highest BCUT2D eigenvalue weighted by Crippen LogP contribution is 2.24. The lowest BCUT2D eigenvalue weighted by atomic mass is 10.1. The normalized spacial score (nSPS) is 10.8. The maximum absolute atomic E-state index is 13.3. The summed E-state index contributed by atoms with van der Waals surface area (Å²) < 4.78 is 20.0. The predicted molar refractivity (Wildman–Crippen MR) is 98.1 cm³/mol. The molecule has 2 aromatic carbocycles. The Hall–Kier alpha value is -3.15. The Morgan fingerprint density at radius 1 is 1.12 bits per heavy atom. The Labute approximate surface area is 151 Å². The van der Waals surface area contributed by atoms with Crippen molar-refractivity contribution < 1.29 is 13.9 Å². The number of amides is 1. The third kappa shape index (κ3) is 3.74. The number of benzene rings is 2. The first kappa shape index (κ1) is 17.7. The molecule has 1 N–H and O–H groups in total. The lowest BCUT2D eigenvalue weighted by molar-refractivity contribution is 0.0935. The van der Waals surface area contributed by atoms with Crippen molar-refractivity contribution >= 4 is 5.91 Å². The topological polar surface area (TPSA) is 56.1 Å². The number of hydrogen-bond donors (Lipinski definition) is 1. The van der Waals surface area contributed by atoms with Crippen LogP contribution in [0.1, 0.15) is 24.3 Å². The second kappa shape index (κ2) is 7.39. The van der Waals surface area contributed by atoms with Gasteiger partial charge in [0.05, 0.1) is 18.5 Å². The average Bonchev–Trinajstić information content (AvgIpc) is 3.07. The number of halogens is 1. The van der Waals surface area contributed by atoms with E-state index in [1.165, 1.54) is 16.8 Å². The number of carbonyl (C=O) groups excluding carboxylic acids is 1. The van der Waals surface area contributed by atoms with Gasteiger partial charge in [0.15, 0.2) is 0 Å². The molecule has 0 spiro atoms. The summed E-state index contributed by atoms with van der Waals surface area (Å²) in [6, 6.07) is 15.0. The maximum Gasteiger partial charge on any atom is 0.270 e. The van der Waals surface area contributed by atoms with Crippen LogP contribution in [-0.2, 0) is 0 Å². The van der Waals surface area contributed by atoms with Crippen molar-refractivity contribution in [2.24, 2.45) is 0 Å². The molecule has 0 radical (unpaired) electrons. The Morgan fingerprint density at radius 2 is 1.77 bits per heavy atom. The van der Waals surface area contributed by atoms with Crippen molar-refractivity contribution in [2.75, 3.05) is 7.11 Å². The SMILES string of the molecule is COc1ccc(-c2cc(C(=O)NC(C)C)n(-c3ccc(F)cc3)n2)cc1. The molecular weight excluding hydrogens is 333 g/mol. The van der Waals surface area contributed by atoms with Gasteiger partial charge >= 0.3 is 0 Å². The molecule has 1 amide bonds. The Kier molecular flexibility index (Phi) is 5.02. The molecule has 3 aromatic rings. The molecule has 0 bridgehead atoms. The molecule has 0 aliphatic rings. The second-order valence-corrected chi connectivity index (χ2v) is 6.16. The van der Waals surface area contributed by atoms with Crippen molar-refractivity contribution in [1.82, 2.24) is 15.1 Å². The van der Waals surface area contributed by atoms with E-state index in [2.05, 4.69) is 10.4 Å². The predicted octanol–water partition coefficient (Wildman–Crippen LogP) is 3.83. The first-order valence-electron chi connectivity index (χ1n) is 8.29. The Balaban J connectivity index is 2.06. The van der Waals surface area contributed by atoms with E-state index in [1.54, 1.807) is 25.3 Å². The monoisotopic (exact) mass is 353 g/mol. The van der Waals surface area contributed by atoms with Crippen LogP contribution in [0.3, 0.4) is 0 Å². The van der Waals surface area contributed by atoms with E-state index < -0.39 is 0 Å². The summed E-state index contributed by atoms with van der Waals surface area (Å²) >= 11 is 0. The maximum atomic E-state index is 13.3. The summed E-state index contributed by atoms with van der Waals surface area (Å²) in [7, 11) is 1.60. The first-order valence-corrected chi connectivity index (χ1v) is 8.29. The molecule has 0 saturated carbocycles. The van der Waals surface area contributed by atoms with Crippen LogP contribution in [0.15, 0.2) is 54.6 Å². The quantitative estimate of drug-likeness (QED) is 0.758. The van der Waals surface area contributed by atoms with Crippen LogP contribution < -0.4 is 10.1 Å². The highest BCUT2D eigenvalue weighted by Gasteiger charge is 2.18. The second-order valence-electron chi connectivity index (χ2n) is 6.16. The van der Waals surface area contributed by atoms with Gasteiger partial charge in [-0.05, 0) is 68.4 Å². The highest BCUT2D eigenvalue weighted by atomic mass is 19.1. The molecule has 134 valence electrons. The summed E-state index contributed by atoms with van der Waals surface area (Å²) in [6.07, 6.45) is 0. The molecule has 26 heavy (non-hydrogen) atoms. The summed E-state index contributed by atoms with van der Waals surface area (Å²) in [4.78, 5) is 12.6. The number of ether oxygens (including phenoxy) is 1. The number of methoxy groups -OCH3 is 1. The van der Waals surface area contributed by atoms with Gasteiger partial charge in [-0.15, -0.1) is 0 Å². The van der Waals surface area contributed by atoms with Crippen molar-refractivity contribution in [1.29, 1.82) is 0 Å². The minimum Gasteiger partial charge on any atom is -0.497 e. The minimum absolute atomic E-state index is 0.0106. The molecule has 0 saturated heterocycles. The minimum atomic E-state index is -0.343. The van der Waals surface area contributed by atoms with Gasteiger partial charge in [0.2, 0.25) is 0 Å². The van der Waals surface area contributed by atoms with E-state index in [4.69, 9.17) is 4.74 Å². The number of carbonyl (C=O) groups is 1. The van der Waals surface area contributed by atoms with Crippen molar-refractivity contribution in [3.8, 4) is 22.7 Å². The Bertz CT molecular complexity index is 900.